The van der Waals surface area contributed by atoms with Gasteiger partial charge in [-0.25, -0.2) is 4.79 Å². The molecule has 2 rings (SSSR count). The lowest BCUT2D eigenvalue weighted by Gasteiger charge is -2.26. The zero-order valence-corrected chi connectivity index (χ0v) is 21.4. The predicted octanol–water partition coefficient (Wildman–Crippen LogP) is -0.522. The Morgan fingerprint density at radius 1 is 0.921 bits per heavy atom. The van der Waals surface area contributed by atoms with Crippen molar-refractivity contribution in [3.8, 4) is 0 Å². The number of H-pyrrole nitrogens is 1. The van der Waals surface area contributed by atoms with Gasteiger partial charge in [-0.3, -0.25) is 19.2 Å². The van der Waals surface area contributed by atoms with E-state index in [0.29, 0.717) is 5.56 Å². The molecular weight excluding hydrogens is 498 g/mol. The quantitative estimate of drug-likeness (QED) is 0.156. The molecule has 13 nitrogen and oxygen atoms in total. The van der Waals surface area contributed by atoms with Crippen molar-refractivity contribution in [2.24, 2.45) is 11.7 Å². The summed E-state index contributed by atoms with van der Waals surface area (Å²) < 4.78 is 0. The van der Waals surface area contributed by atoms with Gasteiger partial charge in [-0.15, -0.1) is 0 Å². The fraction of sp³-hybridized carbons (Fsp3) is 0.480. The molecule has 2 aromatic rings. The van der Waals surface area contributed by atoms with E-state index in [4.69, 9.17) is 10.8 Å². The second-order valence-electron chi connectivity index (χ2n) is 9.45. The SMILES string of the molecule is CC(C)C(N)C(=O)NC(Cc1c[nH]c2ccccc12)C(=O)NC(CCC(=O)O)C(=O)NC(C(=O)O)C(C)O. The summed E-state index contributed by atoms with van der Waals surface area (Å²) in [5.74, 6) is -5.36. The number of rotatable bonds is 14. The first-order valence-corrected chi connectivity index (χ1v) is 12.2. The number of nitrogens with one attached hydrogen (secondary N) is 4. The van der Waals surface area contributed by atoms with Crippen molar-refractivity contribution in [2.45, 2.75) is 70.3 Å². The van der Waals surface area contributed by atoms with E-state index in [9.17, 15) is 34.2 Å². The van der Waals surface area contributed by atoms with Crippen LogP contribution in [0.1, 0.15) is 39.2 Å². The van der Waals surface area contributed by atoms with Crippen molar-refractivity contribution in [3.05, 3.63) is 36.0 Å². The number of carbonyl (C=O) groups is 5. The standard InChI is InChI=1S/C25H35N5O8/c1-12(2)20(26)24(36)29-18(10-14-11-27-16-7-5-4-6-15(14)16)23(35)28-17(8-9-19(32)33)22(34)30-21(13(3)31)25(37)38/h4-7,11-13,17-18,20-21,27,31H,8-10,26H2,1-3H3,(H,28,35)(H,29,36)(H,30,34)(H,32,33)(H,37,38). The summed E-state index contributed by atoms with van der Waals surface area (Å²) in [7, 11) is 0. The zero-order chi connectivity index (χ0) is 28.6. The topological polar surface area (TPSA) is 224 Å². The van der Waals surface area contributed by atoms with Crippen molar-refractivity contribution in [2.75, 3.05) is 0 Å². The van der Waals surface area contributed by atoms with E-state index in [1.807, 2.05) is 24.3 Å². The first-order chi connectivity index (χ1) is 17.8. The molecule has 0 radical (unpaired) electrons. The largest absolute Gasteiger partial charge is 0.481 e. The molecule has 0 aliphatic heterocycles. The van der Waals surface area contributed by atoms with E-state index in [2.05, 4.69) is 20.9 Å². The van der Waals surface area contributed by atoms with Crippen molar-refractivity contribution < 1.29 is 39.3 Å². The molecule has 5 atom stereocenters. The van der Waals surface area contributed by atoms with Crippen molar-refractivity contribution >= 4 is 40.6 Å². The molecular formula is C25H35N5O8. The number of carboxylic acids is 2. The van der Waals surface area contributed by atoms with Crippen LogP contribution in [-0.4, -0.2) is 80.2 Å². The summed E-state index contributed by atoms with van der Waals surface area (Å²) in [6, 6.07) is 2.07. The minimum Gasteiger partial charge on any atom is -0.481 e. The Balaban J connectivity index is 2.33. The van der Waals surface area contributed by atoms with Crippen LogP contribution in [0.5, 0.6) is 0 Å². The first-order valence-electron chi connectivity index (χ1n) is 12.2. The highest BCUT2D eigenvalue weighted by Gasteiger charge is 2.32. The van der Waals surface area contributed by atoms with E-state index in [1.54, 1.807) is 20.0 Å². The van der Waals surface area contributed by atoms with Gasteiger partial charge in [0.1, 0.15) is 12.1 Å². The second-order valence-corrected chi connectivity index (χ2v) is 9.45. The normalized spacial score (nSPS) is 15.2. The Bertz CT molecular complexity index is 1160. The number of amides is 3. The summed E-state index contributed by atoms with van der Waals surface area (Å²) in [4.78, 5) is 64.6. The second kappa shape index (κ2) is 13.5. The summed E-state index contributed by atoms with van der Waals surface area (Å²) in [5, 5.41) is 36.0. The summed E-state index contributed by atoms with van der Waals surface area (Å²) >= 11 is 0. The molecule has 0 aliphatic carbocycles. The predicted molar refractivity (Wildman–Crippen MR) is 137 cm³/mol. The lowest BCUT2D eigenvalue weighted by molar-refractivity contribution is -0.145. The van der Waals surface area contributed by atoms with Gasteiger partial charge in [0.15, 0.2) is 6.04 Å². The van der Waals surface area contributed by atoms with Crippen molar-refractivity contribution in [1.82, 2.24) is 20.9 Å². The zero-order valence-electron chi connectivity index (χ0n) is 21.4. The Morgan fingerprint density at radius 3 is 2.11 bits per heavy atom. The van der Waals surface area contributed by atoms with E-state index in [0.717, 1.165) is 17.8 Å². The van der Waals surface area contributed by atoms with Crippen LogP contribution in [-0.2, 0) is 30.4 Å². The Kier molecular flexibility index (Phi) is 10.8. The number of carboxylic acid groups (broad SMARTS) is 2. The van der Waals surface area contributed by atoms with Gasteiger partial charge < -0.3 is 42.0 Å². The molecule has 9 N–H and O–H groups in total. The molecule has 1 aromatic heterocycles. The highest BCUT2D eigenvalue weighted by Crippen LogP contribution is 2.19. The maximum Gasteiger partial charge on any atom is 0.328 e. The highest BCUT2D eigenvalue weighted by atomic mass is 16.4. The fourth-order valence-corrected chi connectivity index (χ4v) is 3.75. The van der Waals surface area contributed by atoms with Crippen molar-refractivity contribution in [1.29, 1.82) is 0 Å². The van der Waals surface area contributed by atoms with Crippen LogP contribution in [0.2, 0.25) is 0 Å². The van der Waals surface area contributed by atoms with Crippen LogP contribution < -0.4 is 21.7 Å². The molecule has 1 heterocycles. The molecule has 0 spiro atoms. The van der Waals surface area contributed by atoms with Gasteiger partial charge in [0.2, 0.25) is 17.7 Å². The van der Waals surface area contributed by atoms with E-state index in [-0.39, 0.29) is 18.8 Å². The highest BCUT2D eigenvalue weighted by molar-refractivity contribution is 5.95. The van der Waals surface area contributed by atoms with Gasteiger partial charge in [-0.05, 0) is 30.9 Å². The minimum absolute atomic E-state index is 0.0189. The Morgan fingerprint density at radius 2 is 1.53 bits per heavy atom. The van der Waals surface area contributed by atoms with Gasteiger partial charge in [-0.2, -0.15) is 0 Å². The molecule has 0 aliphatic rings. The molecule has 0 saturated carbocycles. The van der Waals surface area contributed by atoms with Gasteiger partial charge in [0, 0.05) is 29.9 Å². The van der Waals surface area contributed by atoms with Gasteiger partial charge in [-0.1, -0.05) is 32.0 Å². The third kappa shape index (κ3) is 8.28. The molecule has 3 amide bonds. The number of fused-ring (bicyclic) bond motifs is 1. The van der Waals surface area contributed by atoms with Crippen LogP contribution in [0.25, 0.3) is 10.9 Å². The number of aromatic nitrogens is 1. The summed E-state index contributed by atoms with van der Waals surface area (Å²) in [6.45, 7) is 4.65. The number of carbonyl (C=O) groups excluding carboxylic acids is 3. The molecule has 1 aromatic carbocycles. The van der Waals surface area contributed by atoms with Crippen LogP contribution in [0.15, 0.2) is 30.5 Å². The lowest BCUT2D eigenvalue weighted by atomic mass is 10.0. The van der Waals surface area contributed by atoms with Crippen LogP contribution >= 0.6 is 0 Å². The molecule has 13 heteroatoms. The fourth-order valence-electron chi connectivity index (χ4n) is 3.75. The molecule has 0 saturated heterocycles. The number of benzene rings is 1. The number of hydrogen-bond acceptors (Lipinski definition) is 7. The number of aliphatic hydroxyl groups is 1. The Labute approximate surface area is 219 Å². The number of hydrogen-bond donors (Lipinski definition) is 8. The smallest absolute Gasteiger partial charge is 0.328 e. The van der Waals surface area contributed by atoms with Gasteiger partial charge >= 0.3 is 11.9 Å². The number of para-hydroxylation sites is 1. The minimum atomic E-state index is -1.68. The third-order valence-electron chi connectivity index (χ3n) is 6.08. The lowest BCUT2D eigenvalue weighted by Crippen LogP contribution is -2.59. The maximum atomic E-state index is 13.4. The summed E-state index contributed by atoms with van der Waals surface area (Å²) in [6.07, 6.45) is -0.626. The third-order valence-corrected chi connectivity index (χ3v) is 6.08. The molecule has 38 heavy (non-hydrogen) atoms. The number of nitrogens with two attached hydrogens (primary N) is 1. The van der Waals surface area contributed by atoms with Crippen molar-refractivity contribution in [3.63, 3.8) is 0 Å². The summed E-state index contributed by atoms with van der Waals surface area (Å²) in [5.41, 5.74) is 7.46. The average Bonchev–Trinajstić information content (AvgIpc) is 3.25. The van der Waals surface area contributed by atoms with Gasteiger partial charge in [0.25, 0.3) is 0 Å². The molecule has 0 fully saturated rings. The van der Waals surface area contributed by atoms with Crippen LogP contribution in [0.4, 0.5) is 0 Å². The van der Waals surface area contributed by atoms with E-state index >= 15 is 0 Å². The molecule has 208 valence electrons. The maximum absolute atomic E-state index is 13.4. The monoisotopic (exact) mass is 533 g/mol. The number of aliphatic carboxylic acids is 2. The molecule has 5 unspecified atom stereocenters. The van der Waals surface area contributed by atoms with Crippen LogP contribution in [0, 0.1) is 5.92 Å². The number of aliphatic hydroxyl groups excluding tert-OH is 1. The van der Waals surface area contributed by atoms with Gasteiger partial charge in [0.05, 0.1) is 12.1 Å². The van der Waals surface area contributed by atoms with E-state index < -0.39 is 66.4 Å². The average molecular weight is 534 g/mol. The molecule has 0 bridgehead atoms. The number of aromatic amines is 1. The first kappa shape index (κ1) is 30.3. The van der Waals surface area contributed by atoms with Crippen LogP contribution in [0.3, 0.4) is 0 Å². The van der Waals surface area contributed by atoms with E-state index in [1.165, 1.54) is 0 Å². The Hall–Kier alpha value is -3.97.